The van der Waals surface area contributed by atoms with E-state index < -0.39 is 0 Å². The van der Waals surface area contributed by atoms with Crippen molar-refractivity contribution < 1.29 is 9.15 Å². The molecular formula is C20H18ClN3O2. The first kappa shape index (κ1) is 16.7. The van der Waals surface area contributed by atoms with Crippen LogP contribution < -0.4 is 4.74 Å². The summed E-state index contributed by atoms with van der Waals surface area (Å²) in [5.74, 6) is 2.16. The summed E-state index contributed by atoms with van der Waals surface area (Å²) < 4.78 is 11.1. The molecule has 0 spiro atoms. The fraction of sp³-hybridized carbons (Fsp3) is 0.200. The van der Waals surface area contributed by atoms with Crippen molar-refractivity contribution in [1.29, 1.82) is 0 Å². The zero-order valence-corrected chi connectivity index (χ0v) is 15.5. The lowest BCUT2D eigenvalue weighted by molar-refractivity contribution is 0.403. The van der Waals surface area contributed by atoms with Gasteiger partial charge in [0.25, 0.3) is 0 Å². The minimum Gasteiger partial charge on any atom is -0.479 e. The predicted octanol–water partition coefficient (Wildman–Crippen LogP) is 5.67. The van der Waals surface area contributed by atoms with Crippen LogP contribution in [-0.2, 0) is 0 Å². The van der Waals surface area contributed by atoms with Gasteiger partial charge in [0.1, 0.15) is 0 Å². The molecule has 0 unspecified atom stereocenters. The maximum atomic E-state index is 6.32. The van der Waals surface area contributed by atoms with Crippen molar-refractivity contribution in [2.24, 2.45) is 0 Å². The Labute approximate surface area is 156 Å². The second-order valence-electron chi connectivity index (χ2n) is 6.38. The third-order valence-corrected chi connectivity index (χ3v) is 4.63. The number of halogens is 1. The first-order chi connectivity index (χ1) is 12.6. The molecule has 0 aliphatic rings. The monoisotopic (exact) mass is 367 g/mol. The number of hydrogen-bond donors (Lipinski definition) is 1. The highest BCUT2D eigenvalue weighted by Crippen LogP contribution is 2.33. The number of nitrogens with zero attached hydrogens (tertiary/aromatic N) is 2. The number of aromatic amines is 1. The normalized spacial score (nSPS) is 11.4. The topological polar surface area (TPSA) is 63.9 Å². The van der Waals surface area contributed by atoms with Gasteiger partial charge in [-0.25, -0.2) is 9.97 Å². The fourth-order valence-corrected chi connectivity index (χ4v) is 3.06. The molecule has 0 bridgehead atoms. The van der Waals surface area contributed by atoms with Crippen molar-refractivity contribution in [2.45, 2.75) is 19.8 Å². The SMILES string of the molecule is COc1nc(-c2ccccc2Cl)cc2[nH]c(-c3cc(C(C)C)co3)nc12. The summed E-state index contributed by atoms with van der Waals surface area (Å²) in [5.41, 5.74) is 4.15. The van der Waals surface area contributed by atoms with Gasteiger partial charge in [0, 0.05) is 10.6 Å². The van der Waals surface area contributed by atoms with Crippen molar-refractivity contribution in [3.05, 3.63) is 53.2 Å². The van der Waals surface area contributed by atoms with Crippen LogP contribution in [0.2, 0.25) is 5.02 Å². The lowest BCUT2D eigenvalue weighted by Crippen LogP contribution is -1.92. The molecule has 1 aromatic carbocycles. The molecule has 4 aromatic rings. The van der Waals surface area contributed by atoms with Crippen molar-refractivity contribution in [3.63, 3.8) is 0 Å². The zero-order valence-electron chi connectivity index (χ0n) is 14.7. The Bertz CT molecular complexity index is 1080. The molecule has 3 heterocycles. The molecule has 132 valence electrons. The number of rotatable bonds is 4. The van der Waals surface area contributed by atoms with Gasteiger partial charge in [0.15, 0.2) is 17.1 Å². The van der Waals surface area contributed by atoms with Gasteiger partial charge in [-0.15, -0.1) is 0 Å². The second-order valence-corrected chi connectivity index (χ2v) is 6.78. The smallest absolute Gasteiger partial charge is 0.242 e. The Morgan fingerprint density at radius 1 is 1.15 bits per heavy atom. The molecular weight excluding hydrogens is 350 g/mol. The van der Waals surface area contributed by atoms with Crippen LogP contribution in [0.5, 0.6) is 5.88 Å². The predicted molar refractivity (Wildman–Crippen MR) is 103 cm³/mol. The molecule has 0 saturated heterocycles. The van der Waals surface area contributed by atoms with Gasteiger partial charge in [-0.05, 0) is 29.7 Å². The van der Waals surface area contributed by atoms with Gasteiger partial charge in [0.2, 0.25) is 5.88 Å². The first-order valence-corrected chi connectivity index (χ1v) is 8.73. The summed E-state index contributed by atoms with van der Waals surface area (Å²) in [6.07, 6.45) is 1.76. The van der Waals surface area contributed by atoms with E-state index in [1.165, 1.54) is 0 Å². The summed E-state index contributed by atoms with van der Waals surface area (Å²) in [6.45, 7) is 4.24. The van der Waals surface area contributed by atoms with Crippen molar-refractivity contribution in [3.8, 4) is 28.7 Å². The number of H-pyrrole nitrogens is 1. The minimum atomic E-state index is 0.389. The molecule has 3 aromatic heterocycles. The van der Waals surface area contributed by atoms with Crippen LogP contribution in [0.15, 0.2) is 47.1 Å². The average Bonchev–Trinajstić information content (AvgIpc) is 3.28. The van der Waals surface area contributed by atoms with Gasteiger partial charge < -0.3 is 14.1 Å². The van der Waals surface area contributed by atoms with E-state index in [1.807, 2.05) is 36.4 Å². The van der Waals surface area contributed by atoms with Crippen molar-refractivity contribution in [2.75, 3.05) is 7.11 Å². The number of hydrogen-bond acceptors (Lipinski definition) is 4. The molecule has 0 amide bonds. The molecule has 5 nitrogen and oxygen atoms in total. The van der Waals surface area contributed by atoms with Crippen LogP contribution in [0.25, 0.3) is 33.9 Å². The van der Waals surface area contributed by atoms with E-state index in [0.717, 1.165) is 22.3 Å². The van der Waals surface area contributed by atoms with E-state index in [4.69, 9.17) is 20.8 Å². The van der Waals surface area contributed by atoms with Crippen LogP contribution in [0.4, 0.5) is 0 Å². The van der Waals surface area contributed by atoms with Gasteiger partial charge in [0.05, 0.1) is 24.6 Å². The van der Waals surface area contributed by atoms with Crippen LogP contribution in [0.1, 0.15) is 25.3 Å². The van der Waals surface area contributed by atoms with E-state index >= 15 is 0 Å². The average molecular weight is 368 g/mol. The van der Waals surface area contributed by atoms with Gasteiger partial charge >= 0.3 is 0 Å². The number of methoxy groups -OCH3 is 1. The maximum absolute atomic E-state index is 6.32. The summed E-state index contributed by atoms with van der Waals surface area (Å²) >= 11 is 6.32. The summed E-state index contributed by atoms with van der Waals surface area (Å²) in [6, 6.07) is 11.5. The summed E-state index contributed by atoms with van der Waals surface area (Å²) in [7, 11) is 1.58. The van der Waals surface area contributed by atoms with E-state index in [2.05, 4.69) is 28.8 Å². The molecule has 0 aliphatic heterocycles. The number of pyridine rings is 1. The van der Waals surface area contributed by atoms with Gasteiger partial charge in [-0.2, -0.15) is 0 Å². The van der Waals surface area contributed by atoms with Gasteiger partial charge in [-0.3, -0.25) is 0 Å². The molecule has 4 rings (SSSR count). The zero-order chi connectivity index (χ0) is 18.3. The Kier molecular flexibility index (Phi) is 4.17. The second kappa shape index (κ2) is 6.50. The van der Waals surface area contributed by atoms with Crippen molar-refractivity contribution in [1.82, 2.24) is 15.0 Å². The van der Waals surface area contributed by atoms with Crippen LogP contribution in [0, 0.1) is 0 Å². The lowest BCUT2D eigenvalue weighted by atomic mass is 10.1. The van der Waals surface area contributed by atoms with E-state index in [-0.39, 0.29) is 0 Å². The van der Waals surface area contributed by atoms with E-state index in [0.29, 0.717) is 33.9 Å². The van der Waals surface area contributed by atoms with Crippen molar-refractivity contribution >= 4 is 22.6 Å². The Hall–Kier alpha value is -2.79. The van der Waals surface area contributed by atoms with E-state index in [9.17, 15) is 0 Å². The maximum Gasteiger partial charge on any atom is 0.242 e. The van der Waals surface area contributed by atoms with Crippen LogP contribution in [0.3, 0.4) is 0 Å². The number of ether oxygens (including phenoxy) is 1. The third kappa shape index (κ3) is 2.84. The van der Waals surface area contributed by atoms with Crippen LogP contribution in [-0.4, -0.2) is 22.1 Å². The first-order valence-electron chi connectivity index (χ1n) is 8.35. The number of imidazole rings is 1. The number of fused-ring (bicyclic) bond motifs is 1. The quantitative estimate of drug-likeness (QED) is 0.504. The molecule has 6 heteroatoms. The minimum absolute atomic E-state index is 0.389. The molecule has 0 aliphatic carbocycles. The highest BCUT2D eigenvalue weighted by Gasteiger charge is 2.17. The van der Waals surface area contributed by atoms with Gasteiger partial charge in [-0.1, -0.05) is 43.6 Å². The lowest BCUT2D eigenvalue weighted by Gasteiger charge is -2.06. The Morgan fingerprint density at radius 3 is 2.65 bits per heavy atom. The highest BCUT2D eigenvalue weighted by molar-refractivity contribution is 6.33. The molecule has 0 saturated carbocycles. The molecule has 0 atom stereocenters. The summed E-state index contributed by atoms with van der Waals surface area (Å²) in [4.78, 5) is 12.5. The molecule has 26 heavy (non-hydrogen) atoms. The molecule has 0 fully saturated rings. The Morgan fingerprint density at radius 2 is 1.96 bits per heavy atom. The third-order valence-electron chi connectivity index (χ3n) is 4.30. The molecule has 1 N–H and O–H groups in total. The fourth-order valence-electron chi connectivity index (χ4n) is 2.83. The Balaban J connectivity index is 1.86. The van der Waals surface area contributed by atoms with Crippen LogP contribution >= 0.6 is 11.6 Å². The van der Waals surface area contributed by atoms with E-state index in [1.54, 1.807) is 13.4 Å². The number of benzene rings is 1. The molecule has 0 radical (unpaired) electrons. The number of aromatic nitrogens is 3. The highest BCUT2D eigenvalue weighted by atomic mass is 35.5. The largest absolute Gasteiger partial charge is 0.479 e. The number of nitrogens with one attached hydrogen (secondary N) is 1. The standard InChI is InChI=1S/C20H18ClN3O2/c1-11(2)12-8-17(26-10-12)19-22-16-9-15(13-6-4-5-7-14(13)21)23-20(25-3)18(16)24-19/h4-11H,1-3H3,(H,22,24). The number of furan rings is 1. The summed E-state index contributed by atoms with van der Waals surface area (Å²) in [5, 5.41) is 0.633.